The van der Waals surface area contributed by atoms with Crippen LogP contribution in [-0.4, -0.2) is 27.1 Å². The van der Waals surface area contributed by atoms with Crippen LogP contribution in [0.2, 0.25) is 10.0 Å². The van der Waals surface area contributed by atoms with Gasteiger partial charge in [0, 0.05) is 16.3 Å². The van der Waals surface area contributed by atoms with E-state index in [0.29, 0.717) is 28.3 Å². The largest absolute Gasteiger partial charge is 0.497 e. The quantitative estimate of drug-likeness (QED) is 0.360. The zero-order chi connectivity index (χ0) is 23.3. The van der Waals surface area contributed by atoms with Gasteiger partial charge in [0.1, 0.15) is 10.6 Å². The highest BCUT2D eigenvalue weighted by atomic mass is 35.5. The molecule has 0 saturated carbocycles. The second-order valence-corrected chi connectivity index (χ2v) is 9.10. The minimum Gasteiger partial charge on any atom is -0.497 e. The summed E-state index contributed by atoms with van der Waals surface area (Å²) in [5, 5.41) is 7.01. The molecule has 166 valence electrons. The molecular formula is C22H19Cl2N3O4S. The molecule has 0 aliphatic heterocycles. The average molecular weight is 492 g/mol. The summed E-state index contributed by atoms with van der Waals surface area (Å²) in [5.41, 5.74) is 2.14. The fraction of sp³-hybridized carbons (Fsp3) is 0.0909. The van der Waals surface area contributed by atoms with Gasteiger partial charge in [-0.05, 0) is 67.1 Å². The molecule has 0 heterocycles. The van der Waals surface area contributed by atoms with Crippen LogP contribution < -0.4 is 14.9 Å². The van der Waals surface area contributed by atoms with Gasteiger partial charge in [-0.15, -0.1) is 0 Å². The smallest absolute Gasteiger partial charge is 0.278 e. The van der Waals surface area contributed by atoms with E-state index in [9.17, 15) is 13.2 Å². The van der Waals surface area contributed by atoms with Crippen molar-refractivity contribution in [1.82, 2.24) is 4.83 Å². The summed E-state index contributed by atoms with van der Waals surface area (Å²) in [5.74, 6) is 0.394. The molecule has 2 N–H and O–H groups in total. The number of nitrogens with zero attached hydrogens (tertiary/aromatic N) is 1. The number of hydrogen-bond acceptors (Lipinski definition) is 5. The third kappa shape index (κ3) is 5.79. The Bertz CT molecular complexity index is 1260. The Morgan fingerprint density at radius 3 is 2.19 bits per heavy atom. The highest BCUT2D eigenvalue weighted by Gasteiger charge is 2.18. The van der Waals surface area contributed by atoms with Crippen molar-refractivity contribution in [3.63, 3.8) is 0 Å². The monoisotopic (exact) mass is 491 g/mol. The molecule has 10 heteroatoms. The van der Waals surface area contributed by atoms with E-state index < -0.39 is 10.0 Å². The first-order valence-corrected chi connectivity index (χ1v) is 11.5. The first-order chi connectivity index (χ1) is 15.2. The van der Waals surface area contributed by atoms with Crippen molar-refractivity contribution >= 4 is 50.5 Å². The van der Waals surface area contributed by atoms with Crippen LogP contribution in [0.15, 0.2) is 76.7 Å². The van der Waals surface area contributed by atoms with E-state index in [4.69, 9.17) is 27.9 Å². The van der Waals surface area contributed by atoms with Gasteiger partial charge in [-0.25, -0.2) is 0 Å². The molecule has 1 amide bonds. The molecule has 0 aliphatic carbocycles. The van der Waals surface area contributed by atoms with Crippen molar-refractivity contribution in [2.45, 2.75) is 11.8 Å². The van der Waals surface area contributed by atoms with Gasteiger partial charge in [0.25, 0.3) is 15.9 Å². The summed E-state index contributed by atoms with van der Waals surface area (Å²) >= 11 is 11.8. The van der Waals surface area contributed by atoms with Gasteiger partial charge < -0.3 is 10.1 Å². The molecule has 3 rings (SSSR count). The molecule has 7 nitrogen and oxygen atoms in total. The van der Waals surface area contributed by atoms with Crippen molar-refractivity contribution in [2.75, 3.05) is 12.4 Å². The maximum absolute atomic E-state index is 12.5. The highest BCUT2D eigenvalue weighted by Crippen LogP contribution is 2.25. The van der Waals surface area contributed by atoms with E-state index in [1.54, 1.807) is 62.6 Å². The topological polar surface area (TPSA) is 96.9 Å². The van der Waals surface area contributed by atoms with Gasteiger partial charge in [0.15, 0.2) is 0 Å². The lowest BCUT2D eigenvalue weighted by Gasteiger charge is -2.09. The zero-order valence-corrected chi connectivity index (χ0v) is 19.4. The number of rotatable bonds is 7. The van der Waals surface area contributed by atoms with Crippen LogP contribution in [-0.2, 0) is 10.0 Å². The van der Waals surface area contributed by atoms with Crippen molar-refractivity contribution in [3.05, 3.63) is 87.9 Å². The Morgan fingerprint density at radius 2 is 1.56 bits per heavy atom. The lowest BCUT2D eigenvalue weighted by molar-refractivity contribution is 0.102. The summed E-state index contributed by atoms with van der Waals surface area (Å²) in [6.45, 7) is 1.65. The molecule has 0 unspecified atom stereocenters. The van der Waals surface area contributed by atoms with Gasteiger partial charge in [0.2, 0.25) is 0 Å². The Kier molecular flexibility index (Phi) is 7.40. The van der Waals surface area contributed by atoms with Crippen LogP contribution in [0.25, 0.3) is 0 Å². The molecule has 0 saturated heterocycles. The molecule has 0 atom stereocenters. The fourth-order valence-electron chi connectivity index (χ4n) is 2.67. The van der Waals surface area contributed by atoms with Crippen LogP contribution in [0.3, 0.4) is 0 Å². The minimum atomic E-state index is -4.00. The van der Waals surface area contributed by atoms with Gasteiger partial charge in [-0.3, -0.25) is 4.79 Å². The molecule has 32 heavy (non-hydrogen) atoms. The second-order valence-electron chi connectivity index (χ2n) is 6.63. The first kappa shape index (κ1) is 23.6. The maximum atomic E-state index is 12.5. The number of hydrazone groups is 1. The van der Waals surface area contributed by atoms with Gasteiger partial charge in [0.05, 0.1) is 17.8 Å². The average Bonchev–Trinajstić information content (AvgIpc) is 2.79. The van der Waals surface area contributed by atoms with E-state index in [1.807, 2.05) is 0 Å². The molecule has 0 spiro atoms. The predicted molar refractivity (Wildman–Crippen MR) is 126 cm³/mol. The standard InChI is InChI=1S/C22H19Cl2N3O4S/c1-14(26-27-32(29,30)21-13-17(23)7-12-20(21)24)15-3-8-18(9-4-15)25-22(28)16-5-10-19(31-2)11-6-16/h3-13,27H,1-2H3,(H,25,28). The number of methoxy groups -OCH3 is 1. The summed E-state index contributed by atoms with van der Waals surface area (Å²) < 4.78 is 30.0. The van der Waals surface area contributed by atoms with Crippen molar-refractivity contribution in [1.29, 1.82) is 0 Å². The number of ether oxygens (including phenoxy) is 1. The number of carbonyl (C=O) groups is 1. The van der Waals surface area contributed by atoms with Crippen LogP contribution in [0, 0.1) is 0 Å². The van der Waals surface area contributed by atoms with Gasteiger partial charge >= 0.3 is 0 Å². The molecular weight excluding hydrogens is 473 g/mol. The van der Waals surface area contributed by atoms with E-state index >= 15 is 0 Å². The van der Waals surface area contributed by atoms with E-state index in [1.165, 1.54) is 18.2 Å². The number of amides is 1. The number of nitrogens with one attached hydrogen (secondary N) is 2. The predicted octanol–water partition coefficient (Wildman–Crippen LogP) is 4.96. The Balaban J connectivity index is 1.68. The molecule has 3 aromatic carbocycles. The van der Waals surface area contributed by atoms with Crippen molar-refractivity contribution in [2.24, 2.45) is 5.10 Å². The molecule has 0 radical (unpaired) electrons. The Labute approximate surface area is 196 Å². The van der Waals surface area contributed by atoms with E-state index in [-0.39, 0.29) is 20.8 Å². The minimum absolute atomic E-state index is 0.0340. The van der Waals surface area contributed by atoms with E-state index in [0.717, 1.165) is 0 Å². The lowest BCUT2D eigenvalue weighted by Crippen LogP contribution is -2.20. The number of halogens is 2. The number of hydrogen-bond donors (Lipinski definition) is 2. The third-order valence-corrected chi connectivity index (χ3v) is 6.35. The summed E-state index contributed by atoms with van der Waals surface area (Å²) in [6.07, 6.45) is 0. The van der Waals surface area contributed by atoms with Crippen molar-refractivity contribution < 1.29 is 17.9 Å². The first-order valence-electron chi connectivity index (χ1n) is 9.26. The number of carbonyl (C=O) groups excluding carboxylic acids is 1. The number of benzene rings is 3. The Hall–Kier alpha value is -3.07. The molecule has 0 fully saturated rings. The van der Waals surface area contributed by atoms with Crippen LogP contribution in [0.5, 0.6) is 5.75 Å². The fourth-order valence-corrected chi connectivity index (χ4v) is 4.29. The SMILES string of the molecule is COc1ccc(C(=O)Nc2ccc(C(C)=NNS(=O)(=O)c3cc(Cl)ccc3Cl)cc2)cc1. The molecule has 0 aromatic heterocycles. The maximum Gasteiger partial charge on any atom is 0.278 e. The highest BCUT2D eigenvalue weighted by molar-refractivity contribution is 7.89. The molecule has 0 bridgehead atoms. The van der Waals surface area contributed by atoms with Gasteiger partial charge in [-0.1, -0.05) is 35.3 Å². The van der Waals surface area contributed by atoms with Crippen LogP contribution in [0.4, 0.5) is 5.69 Å². The zero-order valence-electron chi connectivity index (χ0n) is 17.1. The van der Waals surface area contributed by atoms with Crippen LogP contribution in [0.1, 0.15) is 22.8 Å². The lowest BCUT2D eigenvalue weighted by atomic mass is 10.1. The molecule has 3 aromatic rings. The summed E-state index contributed by atoms with van der Waals surface area (Å²) in [6, 6.07) is 17.7. The third-order valence-electron chi connectivity index (χ3n) is 4.43. The van der Waals surface area contributed by atoms with E-state index in [2.05, 4.69) is 15.2 Å². The van der Waals surface area contributed by atoms with Gasteiger partial charge in [-0.2, -0.15) is 18.4 Å². The number of sulfonamides is 1. The second kappa shape index (κ2) is 10.0. The van der Waals surface area contributed by atoms with Crippen LogP contribution >= 0.6 is 23.2 Å². The summed E-state index contributed by atoms with van der Waals surface area (Å²) in [4.78, 5) is 14.3. The summed E-state index contributed by atoms with van der Waals surface area (Å²) in [7, 11) is -2.44. The number of anilines is 1. The Morgan fingerprint density at radius 1 is 0.938 bits per heavy atom. The van der Waals surface area contributed by atoms with Crippen molar-refractivity contribution in [3.8, 4) is 5.75 Å². The normalized spacial score (nSPS) is 11.7. The molecule has 0 aliphatic rings.